The van der Waals surface area contributed by atoms with Gasteiger partial charge in [-0.2, -0.15) is 0 Å². The molecule has 2 atom stereocenters. The number of rotatable bonds is 5. The van der Waals surface area contributed by atoms with E-state index in [9.17, 15) is 9.90 Å². The Bertz CT molecular complexity index is 639. The third-order valence-corrected chi connectivity index (χ3v) is 3.60. The number of esters is 1. The number of aryl methyl sites for hydroxylation is 1. The molecule has 4 nitrogen and oxygen atoms in total. The molecule has 0 saturated heterocycles. The van der Waals surface area contributed by atoms with Crippen molar-refractivity contribution in [2.45, 2.75) is 33.3 Å². The van der Waals surface area contributed by atoms with E-state index in [1.165, 1.54) is 0 Å². The molecule has 4 heteroatoms. The van der Waals surface area contributed by atoms with Crippen LogP contribution >= 0.6 is 0 Å². The monoisotopic (exact) mass is 287 g/mol. The van der Waals surface area contributed by atoms with Crippen LogP contribution in [0.25, 0.3) is 10.9 Å². The van der Waals surface area contributed by atoms with Crippen LogP contribution in [0, 0.1) is 12.8 Å². The number of pyridine rings is 1. The highest BCUT2D eigenvalue weighted by molar-refractivity contribution is 5.80. The first-order valence-corrected chi connectivity index (χ1v) is 7.28. The first-order valence-electron chi connectivity index (χ1n) is 7.28. The fraction of sp³-hybridized carbons (Fsp3) is 0.412. The highest BCUT2D eigenvalue weighted by atomic mass is 16.5. The van der Waals surface area contributed by atoms with Crippen LogP contribution in [0.1, 0.15) is 37.6 Å². The summed E-state index contributed by atoms with van der Waals surface area (Å²) >= 11 is 0. The molecule has 0 aliphatic rings. The minimum absolute atomic E-state index is 0.322. The van der Waals surface area contributed by atoms with Crippen LogP contribution in [0.2, 0.25) is 0 Å². The van der Waals surface area contributed by atoms with Gasteiger partial charge in [0.15, 0.2) is 0 Å². The minimum Gasteiger partial charge on any atom is -0.466 e. The standard InChI is InChI=1S/C17H21NO3/c1-4-14(17(20)21-5-2)16(19)13-8-9-15-12(10-13)7-6-11(3)18-15/h6-10,14,16,19H,4-5H2,1-3H3. The van der Waals surface area contributed by atoms with Gasteiger partial charge in [0.25, 0.3) is 0 Å². The number of aliphatic hydroxyl groups is 1. The summed E-state index contributed by atoms with van der Waals surface area (Å²) in [7, 11) is 0. The van der Waals surface area contributed by atoms with Crippen molar-refractivity contribution in [2.24, 2.45) is 5.92 Å². The fourth-order valence-corrected chi connectivity index (χ4v) is 2.43. The van der Waals surface area contributed by atoms with Crippen LogP contribution in [-0.2, 0) is 9.53 Å². The quantitative estimate of drug-likeness (QED) is 0.858. The molecule has 2 unspecified atom stereocenters. The van der Waals surface area contributed by atoms with E-state index in [-0.39, 0.29) is 5.97 Å². The van der Waals surface area contributed by atoms with E-state index in [2.05, 4.69) is 4.98 Å². The van der Waals surface area contributed by atoms with Crippen LogP contribution in [0.15, 0.2) is 30.3 Å². The van der Waals surface area contributed by atoms with Gasteiger partial charge in [0, 0.05) is 11.1 Å². The van der Waals surface area contributed by atoms with Gasteiger partial charge in [-0.15, -0.1) is 0 Å². The summed E-state index contributed by atoms with van der Waals surface area (Å²) in [4.78, 5) is 16.3. The van der Waals surface area contributed by atoms with Crippen LogP contribution in [0.5, 0.6) is 0 Å². The van der Waals surface area contributed by atoms with Gasteiger partial charge in [-0.25, -0.2) is 0 Å². The van der Waals surface area contributed by atoms with Crippen molar-refractivity contribution in [1.29, 1.82) is 0 Å². The molecule has 1 heterocycles. The molecule has 1 N–H and O–H groups in total. The van der Waals surface area contributed by atoms with Gasteiger partial charge < -0.3 is 9.84 Å². The predicted octanol–water partition coefficient (Wildman–Crippen LogP) is 3.17. The average molecular weight is 287 g/mol. The second kappa shape index (κ2) is 6.68. The van der Waals surface area contributed by atoms with Crippen molar-refractivity contribution >= 4 is 16.9 Å². The maximum Gasteiger partial charge on any atom is 0.311 e. The van der Waals surface area contributed by atoms with E-state index in [4.69, 9.17) is 4.74 Å². The normalized spacial score (nSPS) is 13.9. The molecule has 0 aliphatic carbocycles. The van der Waals surface area contributed by atoms with Crippen molar-refractivity contribution in [3.05, 3.63) is 41.6 Å². The van der Waals surface area contributed by atoms with Crippen molar-refractivity contribution < 1.29 is 14.6 Å². The lowest BCUT2D eigenvalue weighted by Gasteiger charge is -2.20. The van der Waals surface area contributed by atoms with E-state index >= 15 is 0 Å². The van der Waals surface area contributed by atoms with E-state index in [1.807, 2.05) is 44.2 Å². The lowest BCUT2D eigenvalue weighted by atomic mass is 9.92. The first-order chi connectivity index (χ1) is 10.1. The summed E-state index contributed by atoms with van der Waals surface area (Å²) < 4.78 is 5.03. The smallest absolute Gasteiger partial charge is 0.311 e. The third-order valence-electron chi connectivity index (χ3n) is 3.60. The molecule has 0 saturated carbocycles. The SMILES string of the molecule is CCOC(=O)C(CC)C(O)c1ccc2nc(C)ccc2c1. The molecular formula is C17H21NO3. The number of benzene rings is 1. The molecule has 112 valence electrons. The Labute approximate surface area is 124 Å². The third kappa shape index (κ3) is 3.39. The Morgan fingerprint density at radius 2 is 2.05 bits per heavy atom. The van der Waals surface area contributed by atoms with E-state index in [1.54, 1.807) is 6.92 Å². The zero-order chi connectivity index (χ0) is 15.4. The van der Waals surface area contributed by atoms with E-state index < -0.39 is 12.0 Å². The Morgan fingerprint density at radius 1 is 1.29 bits per heavy atom. The number of fused-ring (bicyclic) bond motifs is 1. The van der Waals surface area contributed by atoms with Crippen molar-refractivity contribution in [3.63, 3.8) is 0 Å². The molecular weight excluding hydrogens is 266 g/mol. The molecule has 0 radical (unpaired) electrons. The predicted molar refractivity (Wildman–Crippen MR) is 81.9 cm³/mol. The van der Waals surface area contributed by atoms with Gasteiger partial charge in [0.1, 0.15) is 0 Å². The van der Waals surface area contributed by atoms with E-state index in [0.29, 0.717) is 18.6 Å². The van der Waals surface area contributed by atoms with Crippen LogP contribution in [-0.4, -0.2) is 22.7 Å². The molecule has 0 aliphatic heterocycles. The van der Waals surface area contributed by atoms with Crippen LogP contribution < -0.4 is 0 Å². The number of aliphatic hydroxyl groups excluding tert-OH is 1. The van der Waals surface area contributed by atoms with Gasteiger partial charge >= 0.3 is 5.97 Å². The fourth-order valence-electron chi connectivity index (χ4n) is 2.43. The van der Waals surface area contributed by atoms with Crippen molar-refractivity contribution in [1.82, 2.24) is 4.98 Å². The molecule has 21 heavy (non-hydrogen) atoms. The Kier molecular flexibility index (Phi) is 4.91. The molecule has 2 aromatic rings. The highest BCUT2D eigenvalue weighted by Crippen LogP contribution is 2.28. The molecule has 0 amide bonds. The molecule has 0 spiro atoms. The Morgan fingerprint density at radius 3 is 2.71 bits per heavy atom. The van der Waals surface area contributed by atoms with Gasteiger partial charge in [-0.3, -0.25) is 9.78 Å². The maximum atomic E-state index is 11.9. The summed E-state index contributed by atoms with van der Waals surface area (Å²) in [5.41, 5.74) is 2.55. The van der Waals surface area contributed by atoms with Crippen LogP contribution in [0.3, 0.4) is 0 Å². The zero-order valence-corrected chi connectivity index (χ0v) is 12.7. The number of nitrogens with zero attached hydrogens (tertiary/aromatic N) is 1. The van der Waals surface area contributed by atoms with Gasteiger partial charge in [0.2, 0.25) is 0 Å². The maximum absolute atomic E-state index is 11.9. The molecule has 1 aromatic carbocycles. The molecule has 0 fully saturated rings. The highest BCUT2D eigenvalue weighted by Gasteiger charge is 2.27. The number of carbonyl (C=O) groups excluding carboxylic acids is 1. The minimum atomic E-state index is -0.861. The largest absolute Gasteiger partial charge is 0.466 e. The number of hydrogen-bond donors (Lipinski definition) is 1. The van der Waals surface area contributed by atoms with Crippen molar-refractivity contribution in [2.75, 3.05) is 6.61 Å². The number of aromatic nitrogens is 1. The molecule has 2 rings (SSSR count). The summed E-state index contributed by atoms with van der Waals surface area (Å²) in [6.07, 6.45) is -0.329. The average Bonchev–Trinajstić information content (AvgIpc) is 2.47. The van der Waals surface area contributed by atoms with E-state index in [0.717, 1.165) is 16.6 Å². The second-order valence-electron chi connectivity index (χ2n) is 5.12. The number of hydrogen-bond acceptors (Lipinski definition) is 4. The summed E-state index contributed by atoms with van der Waals surface area (Å²) in [6, 6.07) is 9.48. The van der Waals surface area contributed by atoms with Gasteiger partial charge in [-0.05, 0) is 44.0 Å². The lowest BCUT2D eigenvalue weighted by molar-refractivity contribution is -0.152. The topological polar surface area (TPSA) is 59.4 Å². The Hall–Kier alpha value is -1.94. The summed E-state index contributed by atoms with van der Waals surface area (Å²) in [5.74, 6) is -0.893. The molecule has 0 bridgehead atoms. The first kappa shape index (κ1) is 15.4. The van der Waals surface area contributed by atoms with Gasteiger partial charge in [0.05, 0.1) is 24.1 Å². The summed E-state index contributed by atoms with van der Waals surface area (Å²) in [5, 5.41) is 11.4. The number of carbonyl (C=O) groups is 1. The van der Waals surface area contributed by atoms with Gasteiger partial charge in [-0.1, -0.05) is 19.1 Å². The second-order valence-corrected chi connectivity index (χ2v) is 5.12. The molecule has 1 aromatic heterocycles. The zero-order valence-electron chi connectivity index (χ0n) is 12.7. The lowest BCUT2D eigenvalue weighted by Crippen LogP contribution is -2.24. The Balaban J connectivity index is 2.31. The van der Waals surface area contributed by atoms with Crippen molar-refractivity contribution in [3.8, 4) is 0 Å². The van der Waals surface area contributed by atoms with Crippen LogP contribution in [0.4, 0.5) is 0 Å². The number of ether oxygens (including phenoxy) is 1. The summed E-state index contributed by atoms with van der Waals surface area (Å²) in [6.45, 7) is 5.90.